The molecule has 0 fully saturated rings. The quantitative estimate of drug-likeness (QED) is 0.0920. The summed E-state index contributed by atoms with van der Waals surface area (Å²) in [5.41, 5.74) is 26.1. The van der Waals surface area contributed by atoms with E-state index in [4.69, 9.17) is 17.7 Å². The summed E-state index contributed by atoms with van der Waals surface area (Å²) in [4.78, 5) is 9.51. The number of nitriles is 2. The van der Waals surface area contributed by atoms with Crippen LogP contribution >= 0.6 is 0 Å². The van der Waals surface area contributed by atoms with Crippen molar-refractivity contribution in [3.8, 4) is 45.5 Å². The summed E-state index contributed by atoms with van der Waals surface area (Å²) >= 11 is 0. The Morgan fingerprint density at radius 3 is 1.01 bits per heavy atom. The van der Waals surface area contributed by atoms with Gasteiger partial charge in [-0.3, -0.25) is 0 Å². The smallest absolute Gasteiger partial charge is 0.159 e. The molecule has 0 bridgehead atoms. The number of fused-ring (bicyclic) bond motifs is 12. The molecule has 0 aliphatic rings. The van der Waals surface area contributed by atoms with E-state index < -0.39 is 0 Å². The standard InChI is InChI=1S/C120H72N6O4/c1-71-21-16-27-83(63-71)123(99-59-49-76-46-54-92-100(60-50-77-45-53-91(99)113(76)114(77)92)124(98-35-11-6-22-72(98)2)105-36-18-32-88-84-28-7-12-39-109(84)127-117(88)105)108-68-82(67-97-87-31-10-15-42-112(87)130-120(97)108)80-25-17-26-81(66-80)96-65-74(70-122)44-58-104(96)126(107-38-20-34-90-86-30-9-14-41-111(86)129-119(90)107)102-62-52-79-47-55-93-101(61-51-78-48-56-94(102)116(79)115(78)93)125(103-57-43-73(69-121)64-95(103)75-23-4-3-5-24-75)106-37-19-33-89-85-29-8-13-40-110(85)128-118(89)106/h3-68H,1-2H3. The molecule has 0 aliphatic heterocycles. The van der Waals surface area contributed by atoms with E-state index in [0.29, 0.717) is 16.7 Å². The maximum atomic E-state index is 11.3. The van der Waals surface area contributed by atoms with E-state index in [-0.39, 0.29) is 0 Å². The minimum atomic E-state index is 0.505. The van der Waals surface area contributed by atoms with Gasteiger partial charge < -0.3 is 37.3 Å². The SMILES string of the molecule is Cc1cccc(N(c2ccc3ccc4c(N(c5ccccc5C)c5cccc6c5oc5ccccc56)ccc5ccc2c3c54)c2cc(-c3cccc(-c4cc(C#N)ccc4N(c4ccc5ccc6c(N(c7ccc(C#N)cc7-c7ccccc7)c7cccc8c7oc7ccccc78)ccc7ccc4c5c76)c4cccc5c4oc4ccccc45)c3)cc3c2oc2ccccc23)c1. The number of furan rings is 4. The molecule has 0 amide bonds. The van der Waals surface area contributed by atoms with Crippen molar-refractivity contribution in [1.82, 2.24) is 0 Å². The predicted octanol–water partition coefficient (Wildman–Crippen LogP) is 34.3. The lowest BCUT2D eigenvalue weighted by Crippen LogP contribution is -2.13. The highest BCUT2D eigenvalue weighted by atomic mass is 16.3. The molecule has 0 radical (unpaired) electrons. The molecule has 22 aromatic carbocycles. The molecular formula is C120H72N6O4. The summed E-state index contributed by atoms with van der Waals surface area (Å²) in [6.07, 6.45) is 0. The van der Waals surface area contributed by atoms with Crippen LogP contribution in [-0.2, 0) is 0 Å². The van der Waals surface area contributed by atoms with Crippen LogP contribution in [0.1, 0.15) is 22.3 Å². The Bertz CT molecular complexity index is 9320. The summed E-state index contributed by atoms with van der Waals surface area (Å²) in [6, 6.07) is 147. The summed E-state index contributed by atoms with van der Waals surface area (Å²) in [5, 5.41) is 43.0. The van der Waals surface area contributed by atoms with E-state index >= 15 is 0 Å². The molecular weight excluding hydrogens is 1590 g/mol. The molecule has 606 valence electrons. The monoisotopic (exact) mass is 1660 g/mol. The van der Waals surface area contributed by atoms with Gasteiger partial charge in [0.25, 0.3) is 0 Å². The van der Waals surface area contributed by atoms with Crippen molar-refractivity contribution in [3.63, 3.8) is 0 Å². The number of para-hydroxylation sites is 8. The number of hydrogen-bond acceptors (Lipinski definition) is 10. The van der Waals surface area contributed by atoms with Crippen LogP contribution in [0.4, 0.5) is 68.2 Å². The third-order valence-electron chi connectivity index (χ3n) is 26.7. The van der Waals surface area contributed by atoms with Crippen LogP contribution in [0.15, 0.2) is 418 Å². The largest absolute Gasteiger partial charge is 0.454 e. The minimum absolute atomic E-state index is 0.505. The van der Waals surface area contributed by atoms with Crippen molar-refractivity contribution in [2.24, 2.45) is 0 Å². The Kier molecular flexibility index (Phi) is 16.4. The van der Waals surface area contributed by atoms with Gasteiger partial charge in [-0.15, -0.1) is 0 Å². The van der Waals surface area contributed by atoms with Crippen molar-refractivity contribution in [3.05, 3.63) is 423 Å². The second-order valence-electron chi connectivity index (χ2n) is 34.0. The first-order chi connectivity index (χ1) is 64.2. The highest BCUT2D eigenvalue weighted by Gasteiger charge is 2.32. The summed E-state index contributed by atoms with van der Waals surface area (Å²) in [5.74, 6) is 0. The van der Waals surface area contributed by atoms with E-state index in [1.165, 1.54) is 0 Å². The highest BCUT2D eigenvalue weighted by molar-refractivity contribution is 6.31. The second-order valence-corrected chi connectivity index (χ2v) is 34.0. The topological polar surface area (TPSA) is 113 Å². The van der Waals surface area contributed by atoms with Crippen molar-refractivity contribution in [2.45, 2.75) is 13.8 Å². The maximum absolute atomic E-state index is 11.3. The zero-order valence-corrected chi connectivity index (χ0v) is 70.4. The van der Waals surface area contributed by atoms with Gasteiger partial charge in [0.2, 0.25) is 0 Å². The van der Waals surface area contributed by atoms with Gasteiger partial charge in [-0.1, -0.05) is 261 Å². The Hall–Kier alpha value is -17.7. The van der Waals surface area contributed by atoms with Crippen LogP contribution in [0.5, 0.6) is 0 Å². The zero-order chi connectivity index (χ0) is 86.1. The maximum Gasteiger partial charge on any atom is 0.159 e. The Labute approximate surface area is 745 Å². The van der Waals surface area contributed by atoms with Gasteiger partial charge in [-0.25, -0.2) is 0 Å². The Morgan fingerprint density at radius 2 is 0.554 bits per heavy atom. The highest BCUT2D eigenvalue weighted by Crippen LogP contribution is 2.57. The van der Waals surface area contributed by atoms with Gasteiger partial charge in [0.15, 0.2) is 22.3 Å². The van der Waals surface area contributed by atoms with Gasteiger partial charge in [0.1, 0.15) is 22.3 Å². The molecule has 26 rings (SSSR count). The van der Waals surface area contributed by atoms with E-state index in [1.807, 2.05) is 78.9 Å². The molecule has 26 aromatic rings. The van der Waals surface area contributed by atoms with Crippen LogP contribution in [0.3, 0.4) is 0 Å². The minimum Gasteiger partial charge on any atom is -0.454 e. The molecule has 4 aromatic heterocycles. The molecule has 0 aliphatic carbocycles. The summed E-state index contributed by atoms with van der Waals surface area (Å²) in [6.45, 7) is 4.35. The van der Waals surface area contributed by atoms with Crippen LogP contribution in [-0.4, -0.2) is 0 Å². The molecule has 0 saturated carbocycles. The number of rotatable bonds is 15. The molecule has 0 atom stereocenters. The molecule has 130 heavy (non-hydrogen) atoms. The molecule has 0 N–H and O–H groups in total. The van der Waals surface area contributed by atoms with Crippen molar-refractivity contribution < 1.29 is 17.7 Å². The normalized spacial score (nSPS) is 11.9. The first kappa shape index (κ1) is 73.8. The molecule has 0 spiro atoms. The first-order valence-corrected chi connectivity index (χ1v) is 43.9. The fourth-order valence-electron chi connectivity index (χ4n) is 20.9. The fourth-order valence-corrected chi connectivity index (χ4v) is 20.9. The summed E-state index contributed by atoms with van der Waals surface area (Å²) < 4.78 is 28.3. The molecule has 0 unspecified atom stereocenters. The molecule has 10 heteroatoms. The van der Waals surface area contributed by atoms with Crippen LogP contribution in [0.25, 0.3) is 186 Å². The number of nitrogens with zero attached hydrogens (tertiary/aromatic N) is 6. The number of benzene rings is 22. The van der Waals surface area contributed by atoms with E-state index in [2.05, 4.69) is 367 Å². The van der Waals surface area contributed by atoms with Gasteiger partial charge >= 0.3 is 0 Å². The van der Waals surface area contributed by atoms with Gasteiger partial charge in [-0.05, 0) is 230 Å². The van der Waals surface area contributed by atoms with E-state index in [0.717, 1.165) is 260 Å². The molecule has 10 nitrogen and oxygen atoms in total. The van der Waals surface area contributed by atoms with Gasteiger partial charge in [0, 0.05) is 87.1 Å². The number of hydrogen-bond donors (Lipinski definition) is 0. The van der Waals surface area contributed by atoms with Gasteiger partial charge in [0.05, 0.1) is 80.1 Å². The Balaban J connectivity index is 0.668. The zero-order valence-electron chi connectivity index (χ0n) is 70.4. The third-order valence-corrected chi connectivity index (χ3v) is 26.7. The third kappa shape index (κ3) is 11.3. The van der Waals surface area contributed by atoms with E-state index in [1.54, 1.807) is 0 Å². The van der Waals surface area contributed by atoms with E-state index in [9.17, 15) is 10.5 Å². The van der Waals surface area contributed by atoms with Crippen LogP contribution in [0.2, 0.25) is 0 Å². The van der Waals surface area contributed by atoms with Gasteiger partial charge in [-0.2, -0.15) is 10.5 Å². The average molecular weight is 1660 g/mol. The van der Waals surface area contributed by atoms with Crippen LogP contribution < -0.4 is 19.6 Å². The lowest BCUT2D eigenvalue weighted by molar-refractivity contribution is 0.668. The first-order valence-electron chi connectivity index (χ1n) is 43.9. The van der Waals surface area contributed by atoms with Crippen molar-refractivity contribution >= 4 is 221 Å². The van der Waals surface area contributed by atoms with Crippen LogP contribution in [0, 0.1) is 36.5 Å². The Morgan fingerprint density at radius 1 is 0.208 bits per heavy atom. The second kappa shape index (κ2) is 28.9. The number of anilines is 12. The summed E-state index contributed by atoms with van der Waals surface area (Å²) in [7, 11) is 0. The molecule has 4 heterocycles. The van der Waals surface area contributed by atoms with Crippen molar-refractivity contribution in [1.29, 1.82) is 10.5 Å². The van der Waals surface area contributed by atoms with Crippen molar-refractivity contribution in [2.75, 3.05) is 19.6 Å². The predicted molar refractivity (Wildman–Crippen MR) is 537 cm³/mol. The average Bonchev–Trinajstić information content (AvgIpc) is 0.905. The lowest BCUT2D eigenvalue weighted by Gasteiger charge is -2.31. The fraction of sp³-hybridized carbons (Fsp3) is 0.0167. The molecule has 0 saturated heterocycles. The lowest BCUT2D eigenvalue weighted by atomic mass is 9.90. The number of aryl methyl sites for hydroxylation is 2.